The highest BCUT2D eigenvalue weighted by Crippen LogP contribution is 2.26. The highest BCUT2D eigenvalue weighted by molar-refractivity contribution is 7.89. The lowest BCUT2D eigenvalue weighted by Gasteiger charge is -2.33. The van der Waals surface area contributed by atoms with Crippen LogP contribution in [-0.2, 0) is 21.4 Å². The van der Waals surface area contributed by atoms with E-state index in [0.29, 0.717) is 19.0 Å². The first-order chi connectivity index (χ1) is 15.2. The van der Waals surface area contributed by atoms with Gasteiger partial charge < -0.3 is 14.2 Å². The Labute approximate surface area is 188 Å². The van der Waals surface area contributed by atoms with Crippen LogP contribution in [0.2, 0.25) is 0 Å². The average Bonchev–Trinajstić information content (AvgIpc) is 3.24. The molecule has 32 heavy (non-hydrogen) atoms. The number of imidazole rings is 1. The largest absolute Gasteiger partial charge is 0.495 e. The van der Waals surface area contributed by atoms with E-state index in [9.17, 15) is 18.4 Å². The molecule has 1 aromatic heterocycles. The van der Waals surface area contributed by atoms with Crippen LogP contribution in [0.25, 0.3) is 0 Å². The summed E-state index contributed by atoms with van der Waals surface area (Å²) in [6, 6.07) is 3.90. The molecule has 1 saturated heterocycles. The summed E-state index contributed by atoms with van der Waals surface area (Å²) < 4.78 is 36.0. The van der Waals surface area contributed by atoms with E-state index in [-0.39, 0.29) is 35.5 Å². The molecular weight excluding hydrogens is 434 g/mol. The number of benzene rings is 1. The molecular formula is C21H31N5O5S. The number of anilines is 1. The van der Waals surface area contributed by atoms with E-state index >= 15 is 0 Å². The molecule has 2 heterocycles. The normalized spacial score (nSPS) is 16.1. The van der Waals surface area contributed by atoms with Crippen molar-refractivity contribution in [3.63, 3.8) is 0 Å². The van der Waals surface area contributed by atoms with Crippen molar-refractivity contribution in [1.82, 2.24) is 19.2 Å². The number of piperidine rings is 1. The van der Waals surface area contributed by atoms with Crippen LogP contribution in [0.3, 0.4) is 0 Å². The van der Waals surface area contributed by atoms with Gasteiger partial charge in [0.1, 0.15) is 16.7 Å². The lowest BCUT2D eigenvalue weighted by molar-refractivity contribution is -0.134. The molecule has 0 saturated carbocycles. The number of aryl methyl sites for hydroxylation is 2. The fourth-order valence-corrected chi connectivity index (χ4v) is 5.28. The molecule has 1 aliphatic rings. The molecule has 176 valence electrons. The molecule has 1 fully saturated rings. The second-order valence-electron chi connectivity index (χ2n) is 8.18. The summed E-state index contributed by atoms with van der Waals surface area (Å²) in [6.07, 6.45) is 5.10. The Morgan fingerprint density at radius 1 is 1.34 bits per heavy atom. The number of methoxy groups -OCH3 is 1. The van der Waals surface area contributed by atoms with E-state index < -0.39 is 16.1 Å². The van der Waals surface area contributed by atoms with E-state index in [1.54, 1.807) is 34.7 Å². The Bertz CT molecular complexity index is 1030. The van der Waals surface area contributed by atoms with Gasteiger partial charge in [-0.05, 0) is 49.8 Å². The molecule has 1 aliphatic heterocycles. The summed E-state index contributed by atoms with van der Waals surface area (Å²) in [7, 11) is -2.63. The molecule has 1 aromatic carbocycles. The quantitative estimate of drug-likeness (QED) is 0.484. The third kappa shape index (κ3) is 5.59. The van der Waals surface area contributed by atoms with Crippen LogP contribution in [-0.4, -0.2) is 60.2 Å². The van der Waals surface area contributed by atoms with Crippen LogP contribution in [0.4, 0.5) is 5.95 Å². The predicted octanol–water partition coefficient (Wildman–Crippen LogP) is 2.00. The van der Waals surface area contributed by atoms with E-state index in [2.05, 4.69) is 16.6 Å². The number of nitrogens with zero attached hydrogens (tertiary/aromatic N) is 3. The van der Waals surface area contributed by atoms with Crippen LogP contribution in [0, 0.1) is 12.8 Å². The maximum absolute atomic E-state index is 13.3. The number of carbonyl (C=O) groups is 1. The zero-order valence-corrected chi connectivity index (χ0v) is 19.4. The Morgan fingerprint density at radius 2 is 2.06 bits per heavy atom. The van der Waals surface area contributed by atoms with Crippen molar-refractivity contribution in [3.8, 4) is 5.75 Å². The summed E-state index contributed by atoms with van der Waals surface area (Å²) in [4.78, 5) is 19.0. The number of nitrogens with one attached hydrogen (secondary N) is 2. The number of hydrogen-bond donors (Lipinski definition) is 3. The lowest BCUT2D eigenvalue weighted by Crippen LogP contribution is -2.51. The third-order valence-electron chi connectivity index (χ3n) is 5.77. The predicted molar refractivity (Wildman–Crippen MR) is 119 cm³/mol. The van der Waals surface area contributed by atoms with E-state index in [0.717, 1.165) is 18.4 Å². The zero-order chi connectivity index (χ0) is 23.3. The second-order valence-corrected chi connectivity index (χ2v) is 9.86. The highest BCUT2D eigenvalue weighted by Gasteiger charge is 2.32. The average molecular weight is 466 g/mol. The van der Waals surface area contributed by atoms with Crippen molar-refractivity contribution in [2.45, 2.75) is 50.6 Å². The number of rotatable bonds is 9. The zero-order valence-electron chi connectivity index (χ0n) is 18.6. The van der Waals surface area contributed by atoms with Crippen molar-refractivity contribution in [2.24, 2.45) is 5.92 Å². The number of ether oxygens (including phenoxy) is 1. The number of sulfonamides is 1. The van der Waals surface area contributed by atoms with Crippen LogP contribution in [0.15, 0.2) is 35.5 Å². The minimum absolute atomic E-state index is 0.00888. The number of aromatic nitrogens is 2. The Kier molecular flexibility index (Phi) is 7.75. The molecule has 3 rings (SSSR count). The van der Waals surface area contributed by atoms with Crippen molar-refractivity contribution < 1.29 is 23.2 Å². The fraction of sp³-hybridized carbons (Fsp3) is 0.524. The topological polar surface area (TPSA) is 126 Å². The summed E-state index contributed by atoms with van der Waals surface area (Å²) in [5, 5.41) is 9.20. The van der Waals surface area contributed by atoms with Gasteiger partial charge in [0.2, 0.25) is 21.9 Å². The molecule has 3 N–H and O–H groups in total. The summed E-state index contributed by atoms with van der Waals surface area (Å²) in [6.45, 7) is 5.41. The van der Waals surface area contributed by atoms with Gasteiger partial charge in [0, 0.05) is 32.0 Å². The minimum atomic E-state index is -4.04. The molecule has 0 bridgehead atoms. The SMILES string of the molecule is COc1ccc(C)cc1S(=O)(=O)NC(CCn1ccnc1NO)C(=O)N1CCC(C)CC1. The van der Waals surface area contributed by atoms with Gasteiger partial charge >= 0.3 is 0 Å². The number of amides is 1. The number of carbonyl (C=O) groups excluding carboxylic acids is 1. The Morgan fingerprint density at radius 3 is 2.72 bits per heavy atom. The van der Waals surface area contributed by atoms with Gasteiger partial charge in [0.25, 0.3) is 0 Å². The maximum Gasteiger partial charge on any atom is 0.244 e. The Hall–Kier alpha value is -2.63. The van der Waals surface area contributed by atoms with Gasteiger partial charge in [-0.15, -0.1) is 0 Å². The maximum atomic E-state index is 13.3. The summed E-state index contributed by atoms with van der Waals surface area (Å²) >= 11 is 0. The Balaban J connectivity index is 1.85. The second kappa shape index (κ2) is 10.3. The van der Waals surface area contributed by atoms with E-state index in [4.69, 9.17) is 4.74 Å². The monoisotopic (exact) mass is 465 g/mol. The molecule has 11 heteroatoms. The van der Waals surface area contributed by atoms with Crippen molar-refractivity contribution in [1.29, 1.82) is 0 Å². The standard InChI is InChI=1S/C21H31N5O5S/c1-15-6-10-25(11-7-15)20(27)17(8-12-26-13-9-22-21(26)23-28)24-32(29,30)19-14-16(2)4-5-18(19)31-3/h4-5,9,13-15,17,24,28H,6-8,10-12H2,1-3H3,(H,22,23). The van der Waals surface area contributed by atoms with Crippen molar-refractivity contribution in [2.75, 3.05) is 25.7 Å². The highest BCUT2D eigenvalue weighted by atomic mass is 32.2. The van der Waals surface area contributed by atoms with Crippen LogP contribution >= 0.6 is 0 Å². The molecule has 2 aromatic rings. The van der Waals surface area contributed by atoms with E-state index in [1.165, 1.54) is 19.4 Å². The third-order valence-corrected chi connectivity index (χ3v) is 7.27. The first-order valence-corrected chi connectivity index (χ1v) is 12.1. The summed E-state index contributed by atoms with van der Waals surface area (Å²) in [5.41, 5.74) is 2.75. The molecule has 1 unspecified atom stereocenters. The fourth-order valence-electron chi connectivity index (χ4n) is 3.80. The summed E-state index contributed by atoms with van der Waals surface area (Å²) in [5.74, 6) is 0.703. The van der Waals surface area contributed by atoms with Crippen LogP contribution in [0.5, 0.6) is 5.75 Å². The van der Waals surface area contributed by atoms with Crippen LogP contribution in [0.1, 0.15) is 31.7 Å². The van der Waals surface area contributed by atoms with Gasteiger partial charge in [-0.25, -0.2) is 18.9 Å². The molecule has 0 radical (unpaired) electrons. The van der Waals surface area contributed by atoms with Gasteiger partial charge in [-0.3, -0.25) is 10.0 Å². The molecule has 1 atom stereocenters. The smallest absolute Gasteiger partial charge is 0.244 e. The first kappa shape index (κ1) is 24.0. The van der Waals surface area contributed by atoms with Gasteiger partial charge in [-0.1, -0.05) is 13.0 Å². The molecule has 10 nitrogen and oxygen atoms in total. The lowest BCUT2D eigenvalue weighted by atomic mass is 9.98. The number of hydrogen-bond acceptors (Lipinski definition) is 7. The van der Waals surface area contributed by atoms with Crippen molar-refractivity contribution >= 4 is 21.9 Å². The minimum Gasteiger partial charge on any atom is -0.495 e. The van der Waals surface area contributed by atoms with E-state index in [1.807, 2.05) is 5.48 Å². The van der Waals surface area contributed by atoms with Gasteiger partial charge in [-0.2, -0.15) is 4.72 Å². The van der Waals surface area contributed by atoms with Crippen LogP contribution < -0.4 is 14.9 Å². The van der Waals surface area contributed by atoms with Crippen molar-refractivity contribution in [3.05, 3.63) is 36.2 Å². The first-order valence-electron chi connectivity index (χ1n) is 10.6. The van der Waals surface area contributed by atoms with Gasteiger partial charge in [0.15, 0.2) is 0 Å². The molecule has 1 amide bonds. The van der Waals surface area contributed by atoms with Gasteiger partial charge in [0.05, 0.1) is 7.11 Å². The number of likely N-dealkylation sites (tertiary alicyclic amines) is 1. The molecule has 0 spiro atoms. The molecule has 0 aliphatic carbocycles.